The molecule has 0 spiro atoms. The van der Waals surface area contributed by atoms with E-state index >= 15 is 0 Å². The maximum Gasteiger partial charge on any atom is 0.214 e. The number of hydrogen-bond acceptors (Lipinski definition) is 4. The molecule has 0 bridgehead atoms. The highest BCUT2D eigenvalue weighted by molar-refractivity contribution is 6.29. The summed E-state index contributed by atoms with van der Waals surface area (Å²) >= 11 is 5.80. The lowest BCUT2D eigenvalue weighted by atomic mass is 10.3. The summed E-state index contributed by atoms with van der Waals surface area (Å²) in [5.74, 6) is 0. The molecule has 88 valence electrons. The van der Waals surface area contributed by atoms with Gasteiger partial charge in [-0.05, 0) is 0 Å². The van der Waals surface area contributed by atoms with Gasteiger partial charge in [0.2, 0.25) is 6.41 Å². The van der Waals surface area contributed by atoms with Gasteiger partial charge in [-0.3, -0.25) is 4.79 Å². The van der Waals surface area contributed by atoms with Crippen molar-refractivity contribution in [3.63, 3.8) is 0 Å². The number of anilines is 2. The number of amides is 1. The fraction of sp³-hybridized carbons (Fsp3) is 0.400. The zero-order chi connectivity index (χ0) is 12.0. The van der Waals surface area contributed by atoms with Crippen LogP contribution < -0.4 is 10.2 Å². The van der Waals surface area contributed by atoms with E-state index in [1.54, 1.807) is 26.4 Å². The molecule has 0 unspecified atom stereocenters. The summed E-state index contributed by atoms with van der Waals surface area (Å²) < 4.78 is 4.93. The molecule has 1 aromatic rings. The van der Waals surface area contributed by atoms with Gasteiger partial charge in [0.25, 0.3) is 0 Å². The molecule has 0 aliphatic carbocycles. The van der Waals surface area contributed by atoms with E-state index in [-0.39, 0.29) is 0 Å². The van der Waals surface area contributed by atoms with Gasteiger partial charge in [0.1, 0.15) is 5.15 Å². The Morgan fingerprint density at radius 3 is 3.00 bits per heavy atom. The molecule has 5 nitrogen and oxygen atoms in total. The minimum Gasteiger partial charge on any atom is -0.385 e. The van der Waals surface area contributed by atoms with Crippen LogP contribution in [-0.4, -0.2) is 38.7 Å². The molecule has 16 heavy (non-hydrogen) atoms. The number of hydrogen-bond donors (Lipinski definition) is 1. The number of aromatic nitrogens is 1. The van der Waals surface area contributed by atoms with Crippen molar-refractivity contribution in [1.29, 1.82) is 0 Å². The zero-order valence-corrected chi connectivity index (χ0v) is 9.99. The highest BCUT2D eigenvalue weighted by Gasteiger charge is 2.10. The van der Waals surface area contributed by atoms with E-state index in [4.69, 9.17) is 16.3 Å². The van der Waals surface area contributed by atoms with Crippen LogP contribution in [0.15, 0.2) is 12.3 Å². The van der Waals surface area contributed by atoms with Gasteiger partial charge in [0, 0.05) is 26.8 Å². The Kier molecular flexibility index (Phi) is 5.01. The van der Waals surface area contributed by atoms with Gasteiger partial charge in [-0.2, -0.15) is 0 Å². The Morgan fingerprint density at radius 1 is 1.69 bits per heavy atom. The second kappa shape index (κ2) is 6.30. The summed E-state index contributed by atoms with van der Waals surface area (Å²) in [7, 11) is 3.34. The van der Waals surface area contributed by atoms with Crippen LogP contribution in [-0.2, 0) is 9.53 Å². The van der Waals surface area contributed by atoms with Gasteiger partial charge in [-0.1, -0.05) is 11.6 Å². The van der Waals surface area contributed by atoms with Gasteiger partial charge < -0.3 is 15.0 Å². The molecule has 0 aliphatic heterocycles. The Morgan fingerprint density at radius 2 is 2.44 bits per heavy atom. The molecule has 1 N–H and O–H groups in total. The van der Waals surface area contributed by atoms with Crippen molar-refractivity contribution in [3.8, 4) is 0 Å². The van der Waals surface area contributed by atoms with Crippen molar-refractivity contribution in [2.24, 2.45) is 0 Å². The van der Waals surface area contributed by atoms with E-state index in [9.17, 15) is 4.79 Å². The summed E-state index contributed by atoms with van der Waals surface area (Å²) in [5, 5.41) is 3.30. The maximum absolute atomic E-state index is 11.0. The minimum atomic E-state index is 0.346. The topological polar surface area (TPSA) is 54.5 Å². The average molecular weight is 244 g/mol. The molecular weight excluding hydrogens is 230 g/mol. The van der Waals surface area contributed by atoms with Crippen LogP contribution in [0.1, 0.15) is 0 Å². The van der Waals surface area contributed by atoms with E-state index < -0.39 is 0 Å². The number of nitrogens with zero attached hydrogens (tertiary/aromatic N) is 2. The molecule has 0 radical (unpaired) electrons. The van der Waals surface area contributed by atoms with E-state index in [0.717, 1.165) is 12.1 Å². The molecular formula is C10H14ClN3O2. The fourth-order valence-corrected chi connectivity index (χ4v) is 1.42. The maximum atomic E-state index is 11.0. The number of halogens is 1. The van der Waals surface area contributed by atoms with Crippen molar-refractivity contribution in [3.05, 3.63) is 17.4 Å². The lowest BCUT2D eigenvalue weighted by Gasteiger charge is -2.20. The minimum absolute atomic E-state index is 0.346. The Labute approximate surface area is 99.4 Å². The number of ether oxygens (including phenoxy) is 1. The van der Waals surface area contributed by atoms with E-state index in [1.165, 1.54) is 4.90 Å². The lowest BCUT2D eigenvalue weighted by molar-refractivity contribution is -0.107. The molecule has 0 aromatic carbocycles. The third-order valence-electron chi connectivity index (χ3n) is 2.09. The molecule has 0 saturated carbocycles. The number of rotatable bonds is 6. The van der Waals surface area contributed by atoms with Gasteiger partial charge >= 0.3 is 0 Å². The Balaban J connectivity index is 2.97. The van der Waals surface area contributed by atoms with Gasteiger partial charge in [-0.15, -0.1) is 0 Å². The molecule has 1 amide bonds. The molecule has 1 heterocycles. The third-order valence-corrected chi connectivity index (χ3v) is 2.30. The summed E-state index contributed by atoms with van der Waals surface area (Å²) in [6, 6.07) is 1.64. The molecule has 1 aromatic heterocycles. The monoisotopic (exact) mass is 243 g/mol. The largest absolute Gasteiger partial charge is 0.385 e. The number of carbonyl (C=O) groups is 1. The molecule has 0 saturated heterocycles. The third kappa shape index (κ3) is 3.08. The molecule has 6 heteroatoms. The van der Waals surface area contributed by atoms with Gasteiger partial charge in [-0.25, -0.2) is 4.98 Å². The molecule has 1 rings (SSSR count). The van der Waals surface area contributed by atoms with Crippen molar-refractivity contribution in [2.45, 2.75) is 0 Å². The standard InChI is InChI=1S/C10H14ClN3O2/c1-12-8-6-13-10(11)5-9(8)14(7-15)3-4-16-2/h5-7,12H,3-4H2,1-2H3. The Bertz CT molecular complexity index is 360. The quantitative estimate of drug-likeness (QED) is 0.606. The van der Waals surface area contributed by atoms with Crippen molar-refractivity contribution in [2.75, 3.05) is 37.5 Å². The normalized spacial score (nSPS) is 9.94. The number of nitrogens with one attached hydrogen (secondary N) is 1. The first kappa shape index (κ1) is 12.7. The van der Waals surface area contributed by atoms with Crippen molar-refractivity contribution < 1.29 is 9.53 Å². The number of carbonyl (C=O) groups excluding carboxylic acids is 1. The summed E-state index contributed by atoms with van der Waals surface area (Å²) in [6.07, 6.45) is 2.33. The molecule has 0 fully saturated rings. The second-order valence-corrected chi connectivity index (χ2v) is 3.45. The Hall–Kier alpha value is -1.33. The molecule has 0 aliphatic rings. The van der Waals surface area contributed by atoms with Crippen molar-refractivity contribution >= 4 is 29.4 Å². The van der Waals surface area contributed by atoms with E-state index in [1.807, 2.05) is 0 Å². The highest BCUT2D eigenvalue weighted by atomic mass is 35.5. The first-order valence-corrected chi connectivity index (χ1v) is 5.15. The van der Waals surface area contributed by atoms with Crippen LogP contribution in [0, 0.1) is 0 Å². The number of pyridine rings is 1. The van der Waals surface area contributed by atoms with E-state index in [2.05, 4.69) is 10.3 Å². The van der Waals surface area contributed by atoms with Crippen LogP contribution in [0.4, 0.5) is 11.4 Å². The summed E-state index contributed by atoms with van der Waals surface area (Å²) in [4.78, 5) is 16.4. The fourth-order valence-electron chi connectivity index (χ4n) is 1.27. The lowest BCUT2D eigenvalue weighted by Crippen LogP contribution is -2.26. The smallest absolute Gasteiger partial charge is 0.214 e. The van der Waals surface area contributed by atoms with Crippen LogP contribution in [0.5, 0.6) is 0 Å². The highest BCUT2D eigenvalue weighted by Crippen LogP contribution is 2.26. The van der Waals surface area contributed by atoms with Crippen LogP contribution in [0.25, 0.3) is 0 Å². The molecule has 0 atom stereocenters. The predicted molar refractivity (Wildman–Crippen MR) is 64.1 cm³/mol. The van der Waals surface area contributed by atoms with Crippen LogP contribution in [0.2, 0.25) is 5.15 Å². The predicted octanol–water partition coefficient (Wildman–Crippen LogP) is 1.39. The van der Waals surface area contributed by atoms with Crippen molar-refractivity contribution in [1.82, 2.24) is 4.98 Å². The zero-order valence-electron chi connectivity index (χ0n) is 9.24. The SMILES string of the molecule is CNc1cnc(Cl)cc1N(C=O)CCOC. The van der Waals surface area contributed by atoms with E-state index in [0.29, 0.717) is 24.0 Å². The first-order valence-electron chi connectivity index (χ1n) is 4.77. The van der Waals surface area contributed by atoms with Crippen LogP contribution >= 0.6 is 11.6 Å². The summed E-state index contributed by atoms with van der Waals surface area (Å²) in [5.41, 5.74) is 1.43. The average Bonchev–Trinajstić information content (AvgIpc) is 2.30. The first-order chi connectivity index (χ1) is 7.72. The van der Waals surface area contributed by atoms with Gasteiger partial charge in [0.15, 0.2) is 0 Å². The number of methoxy groups -OCH3 is 1. The van der Waals surface area contributed by atoms with Crippen LogP contribution in [0.3, 0.4) is 0 Å². The van der Waals surface area contributed by atoms with Gasteiger partial charge in [0.05, 0.1) is 24.2 Å². The summed E-state index contributed by atoms with van der Waals surface area (Å²) in [6.45, 7) is 0.927. The second-order valence-electron chi connectivity index (χ2n) is 3.07.